The van der Waals surface area contributed by atoms with E-state index in [2.05, 4.69) is 15.9 Å². The van der Waals surface area contributed by atoms with Crippen molar-refractivity contribution in [2.75, 3.05) is 12.0 Å². The number of hydrogen-bond acceptors (Lipinski definition) is 5. The highest BCUT2D eigenvalue weighted by molar-refractivity contribution is 9.10. The molecule has 6 nitrogen and oxygen atoms in total. The van der Waals surface area contributed by atoms with Crippen molar-refractivity contribution < 1.29 is 23.8 Å². The average molecular weight is 468 g/mol. The van der Waals surface area contributed by atoms with E-state index in [1.165, 1.54) is 12.0 Å². The maximum absolute atomic E-state index is 13.0. The van der Waals surface area contributed by atoms with Crippen LogP contribution in [0, 0.1) is 6.92 Å². The van der Waals surface area contributed by atoms with Crippen molar-refractivity contribution in [3.8, 4) is 5.75 Å². The first-order chi connectivity index (χ1) is 14.4. The number of hydrogen-bond donors (Lipinski definition) is 1. The third kappa shape index (κ3) is 3.31. The molecule has 0 aliphatic carbocycles. The van der Waals surface area contributed by atoms with Crippen LogP contribution in [0.1, 0.15) is 23.1 Å². The fourth-order valence-electron chi connectivity index (χ4n) is 3.53. The number of ketones is 1. The van der Waals surface area contributed by atoms with Gasteiger partial charge in [-0.1, -0.05) is 18.2 Å². The van der Waals surface area contributed by atoms with Gasteiger partial charge in [0.05, 0.1) is 17.2 Å². The van der Waals surface area contributed by atoms with Gasteiger partial charge in [0, 0.05) is 11.3 Å². The summed E-state index contributed by atoms with van der Waals surface area (Å²) < 4.78 is 11.6. The van der Waals surface area contributed by atoms with Crippen LogP contribution < -0.4 is 9.64 Å². The summed E-state index contributed by atoms with van der Waals surface area (Å²) in [4.78, 5) is 27.3. The van der Waals surface area contributed by atoms with Gasteiger partial charge in [-0.15, -0.1) is 0 Å². The molecule has 152 valence electrons. The van der Waals surface area contributed by atoms with Gasteiger partial charge in [-0.05, 0) is 65.3 Å². The summed E-state index contributed by atoms with van der Waals surface area (Å²) in [5.74, 6) is -0.180. The number of methoxy groups -OCH3 is 1. The van der Waals surface area contributed by atoms with Gasteiger partial charge in [-0.3, -0.25) is 14.5 Å². The Balaban J connectivity index is 1.92. The summed E-state index contributed by atoms with van der Waals surface area (Å²) in [7, 11) is 1.53. The normalized spacial score (nSPS) is 18.1. The molecule has 1 unspecified atom stereocenters. The number of rotatable bonds is 4. The van der Waals surface area contributed by atoms with Crippen molar-refractivity contribution >= 4 is 39.1 Å². The fourth-order valence-corrected chi connectivity index (χ4v) is 4.07. The van der Waals surface area contributed by atoms with Crippen LogP contribution in [-0.4, -0.2) is 23.9 Å². The van der Waals surface area contributed by atoms with Crippen LogP contribution in [0.4, 0.5) is 5.69 Å². The zero-order valence-electron chi connectivity index (χ0n) is 16.3. The summed E-state index contributed by atoms with van der Waals surface area (Å²) >= 11 is 3.38. The molecular weight excluding hydrogens is 450 g/mol. The molecule has 0 saturated carbocycles. The second-order valence-corrected chi connectivity index (χ2v) is 7.66. The Morgan fingerprint density at radius 2 is 1.83 bits per heavy atom. The number of carbonyl (C=O) groups excluding carboxylic acids is 2. The molecule has 1 amide bonds. The Morgan fingerprint density at radius 3 is 2.43 bits per heavy atom. The minimum Gasteiger partial charge on any atom is -0.507 e. The van der Waals surface area contributed by atoms with Crippen LogP contribution >= 0.6 is 15.9 Å². The lowest BCUT2D eigenvalue weighted by atomic mass is 9.99. The van der Waals surface area contributed by atoms with Gasteiger partial charge in [-0.2, -0.15) is 0 Å². The van der Waals surface area contributed by atoms with Crippen LogP contribution in [-0.2, 0) is 9.59 Å². The van der Waals surface area contributed by atoms with Gasteiger partial charge < -0.3 is 14.3 Å². The highest BCUT2D eigenvalue weighted by Gasteiger charge is 2.48. The first-order valence-electron chi connectivity index (χ1n) is 9.18. The lowest BCUT2D eigenvalue weighted by molar-refractivity contribution is -0.132. The van der Waals surface area contributed by atoms with Gasteiger partial charge in [-0.25, -0.2) is 0 Å². The molecule has 1 fully saturated rings. The van der Waals surface area contributed by atoms with Crippen LogP contribution in [0.15, 0.2) is 75.1 Å². The fraction of sp³-hybridized carbons (Fsp3) is 0.130. The molecule has 0 radical (unpaired) electrons. The Bertz CT molecular complexity index is 1170. The lowest BCUT2D eigenvalue weighted by Gasteiger charge is -2.23. The number of nitrogens with zero attached hydrogens (tertiary/aromatic N) is 1. The Labute approximate surface area is 181 Å². The molecule has 1 atom stereocenters. The van der Waals surface area contributed by atoms with E-state index >= 15 is 0 Å². The summed E-state index contributed by atoms with van der Waals surface area (Å²) in [5.41, 5.74) is 0.880. The van der Waals surface area contributed by atoms with E-state index < -0.39 is 17.7 Å². The summed E-state index contributed by atoms with van der Waals surface area (Å²) in [5, 5.41) is 11.1. The Hall–Kier alpha value is -3.32. The van der Waals surface area contributed by atoms with E-state index in [9.17, 15) is 14.7 Å². The molecular formula is C23H18BrNO5. The molecule has 1 aromatic heterocycles. The number of aryl methyl sites for hydroxylation is 1. The zero-order valence-corrected chi connectivity index (χ0v) is 17.8. The Morgan fingerprint density at radius 1 is 1.10 bits per heavy atom. The van der Waals surface area contributed by atoms with Gasteiger partial charge in [0.1, 0.15) is 29.1 Å². The number of aliphatic hydroxyl groups excluding tert-OH is 1. The van der Waals surface area contributed by atoms with Gasteiger partial charge in [0.25, 0.3) is 11.7 Å². The highest BCUT2D eigenvalue weighted by atomic mass is 79.9. The molecule has 0 bridgehead atoms. The van der Waals surface area contributed by atoms with E-state index in [0.717, 1.165) is 0 Å². The molecule has 1 N–H and O–H groups in total. The van der Waals surface area contributed by atoms with Crippen molar-refractivity contribution in [1.29, 1.82) is 0 Å². The first-order valence-corrected chi connectivity index (χ1v) is 9.98. The number of ether oxygens (including phenoxy) is 1. The molecule has 1 saturated heterocycles. The molecule has 2 aromatic carbocycles. The van der Waals surface area contributed by atoms with E-state index in [1.807, 2.05) is 6.07 Å². The van der Waals surface area contributed by atoms with Crippen molar-refractivity contribution in [1.82, 2.24) is 0 Å². The number of halogens is 1. The maximum atomic E-state index is 13.0. The highest BCUT2D eigenvalue weighted by Crippen LogP contribution is 2.43. The number of aliphatic hydroxyl groups is 1. The average Bonchev–Trinajstić information content (AvgIpc) is 3.29. The van der Waals surface area contributed by atoms with E-state index in [1.54, 1.807) is 61.5 Å². The molecule has 1 aliphatic rings. The quantitative estimate of drug-likeness (QED) is 0.332. The number of para-hydroxylation sites is 1. The number of benzene rings is 2. The molecule has 30 heavy (non-hydrogen) atoms. The van der Waals surface area contributed by atoms with Crippen LogP contribution in [0.2, 0.25) is 0 Å². The summed E-state index contributed by atoms with van der Waals surface area (Å²) in [6.07, 6.45) is 0. The minimum atomic E-state index is -0.887. The lowest BCUT2D eigenvalue weighted by Crippen LogP contribution is -2.29. The van der Waals surface area contributed by atoms with Crippen molar-refractivity contribution in [3.63, 3.8) is 0 Å². The smallest absolute Gasteiger partial charge is 0.300 e. The number of furan rings is 1. The van der Waals surface area contributed by atoms with Crippen LogP contribution in [0.5, 0.6) is 5.75 Å². The molecule has 3 aromatic rings. The largest absolute Gasteiger partial charge is 0.507 e. The number of amides is 1. The molecule has 2 heterocycles. The summed E-state index contributed by atoms with van der Waals surface area (Å²) in [6.45, 7) is 1.78. The second-order valence-electron chi connectivity index (χ2n) is 6.80. The van der Waals surface area contributed by atoms with Crippen LogP contribution in [0.25, 0.3) is 5.76 Å². The second kappa shape index (κ2) is 7.84. The molecule has 4 rings (SSSR count). The number of carbonyl (C=O) groups is 2. The van der Waals surface area contributed by atoms with Crippen LogP contribution in [0.3, 0.4) is 0 Å². The molecule has 7 heteroatoms. The SMILES string of the molecule is COc1ccc(/C(O)=C2/C(=O)C(=O)N(c3ccccc3)C2c2ccc(C)o2)cc1Br. The zero-order chi connectivity index (χ0) is 21.4. The van der Waals surface area contributed by atoms with Gasteiger partial charge in [0.2, 0.25) is 0 Å². The third-order valence-corrected chi connectivity index (χ3v) is 5.55. The van der Waals surface area contributed by atoms with E-state index in [0.29, 0.717) is 33.0 Å². The maximum Gasteiger partial charge on any atom is 0.300 e. The monoisotopic (exact) mass is 467 g/mol. The predicted octanol–water partition coefficient (Wildman–Crippen LogP) is 4.99. The van der Waals surface area contributed by atoms with Gasteiger partial charge in [0.15, 0.2) is 0 Å². The van der Waals surface area contributed by atoms with Crippen molar-refractivity contribution in [2.45, 2.75) is 13.0 Å². The number of Topliss-reactive ketones (excluding diaryl/α,β-unsaturated/α-hetero) is 1. The van der Waals surface area contributed by atoms with Crippen molar-refractivity contribution in [3.05, 3.63) is 87.8 Å². The summed E-state index contributed by atoms with van der Waals surface area (Å²) in [6, 6.07) is 16.3. The molecule has 0 spiro atoms. The third-order valence-electron chi connectivity index (χ3n) is 4.93. The predicted molar refractivity (Wildman–Crippen MR) is 115 cm³/mol. The van der Waals surface area contributed by atoms with E-state index in [4.69, 9.17) is 9.15 Å². The van der Waals surface area contributed by atoms with E-state index in [-0.39, 0.29) is 11.3 Å². The molecule has 1 aliphatic heterocycles. The standard InChI is InChI=1S/C23H18BrNO5/c1-13-8-10-18(30-13)20-19(21(26)14-9-11-17(29-2)16(24)12-14)22(27)23(28)25(20)15-6-4-3-5-7-15/h3-12,20,26H,1-2H3/b21-19-. The Kier molecular flexibility index (Phi) is 5.22. The topological polar surface area (TPSA) is 80.0 Å². The minimum absolute atomic E-state index is 0.0322. The van der Waals surface area contributed by atoms with Crippen molar-refractivity contribution in [2.24, 2.45) is 0 Å². The number of anilines is 1. The van der Waals surface area contributed by atoms with Gasteiger partial charge >= 0.3 is 0 Å². The first kappa shape index (κ1) is 20.0.